The lowest BCUT2D eigenvalue weighted by atomic mass is 9.97. The van der Waals surface area contributed by atoms with Crippen molar-refractivity contribution < 1.29 is 37.7 Å². The third kappa shape index (κ3) is 5.64. The topological polar surface area (TPSA) is 139 Å². The van der Waals surface area contributed by atoms with Crippen LogP contribution in [0.25, 0.3) is 10.8 Å². The molecule has 3 aromatic rings. The molecule has 0 saturated heterocycles. The van der Waals surface area contributed by atoms with Crippen molar-refractivity contribution in [2.75, 3.05) is 14.2 Å². The van der Waals surface area contributed by atoms with Crippen LogP contribution in [0.15, 0.2) is 59.5 Å². The lowest BCUT2D eigenvalue weighted by molar-refractivity contribution is -0.140. The number of ether oxygens (including phenoxy) is 2. The molecule has 0 aliphatic rings. The summed E-state index contributed by atoms with van der Waals surface area (Å²) in [5, 5.41) is 19.8. The van der Waals surface area contributed by atoms with Crippen LogP contribution in [-0.2, 0) is 26.0 Å². The van der Waals surface area contributed by atoms with Gasteiger partial charge in [-0.1, -0.05) is 30.3 Å². The van der Waals surface area contributed by atoms with Crippen molar-refractivity contribution in [1.29, 1.82) is 0 Å². The zero-order chi connectivity index (χ0) is 24.9. The molecule has 34 heavy (non-hydrogen) atoms. The minimum Gasteiger partial charge on any atom is -0.496 e. The summed E-state index contributed by atoms with van der Waals surface area (Å²) in [6, 6.07) is 14.0. The van der Waals surface area contributed by atoms with Crippen LogP contribution >= 0.6 is 0 Å². The number of sulfonamides is 1. The van der Waals surface area contributed by atoms with Gasteiger partial charge >= 0.3 is 11.9 Å². The second kappa shape index (κ2) is 10.5. The Morgan fingerprint density at radius 1 is 0.941 bits per heavy atom. The lowest BCUT2D eigenvalue weighted by Crippen LogP contribution is -2.41. The predicted octanol–water partition coefficient (Wildman–Crippen LogP) is 3.04. The third-order valence-electron chi connectivity index (χ3n) is 5.36. The van der Waals surface area contributed by atoms with Gasteiger partial charge in [-0.05, 0) is 48.2 Å². The fourth-order valence-corrected chi connectivity index (χ4v) is 4.90. The van der Waals surface area contributed by atoms with E-state index in [2.05, 4.69) is 4.72 Å². The highest BCUT2D eigenvalue weighted by molar-refractivity contribution is 7.89. The van der Waals surface area contributed by atoms with Crippen LogP contribution in [0.4, 0.5) is 0 Å². The normalized spacial score (nSPS) is 12.3. The van der Waals surface area contributed by atoms with Gasteiger partial charge in [0.05, 0.1) is 19.1 Å². The number of carbonyl (C=O) groups is 2. The van der Waals surface area contributed by atoms with Gasteiger partial charge in [-0.2, -0.15) is 4.72 Å². The Kier molecular flexibility index (Phi) is 7.75. The second-order valence-electron chi connectivity index (χ2n) is 7.58. The van der Waals surface area contributed by atoms with E-state index in [1.54, 1.807) is 26.4 Å². The van der Waals surface area contributed by atoms with Crippen molar-refractivity contribution in [3.8, 4) is 11.5 Å². The number of carboxylic acid groups (broad SMARTS) is 2. The molecule has 1 atom stereocenters. The van der Waals surface area contributed by atoms with E-state index in [1.165, 1.54) is 12.1 Å². The van der Waals surface area contributed by atoms with E-state index in [-0.39, 0.29) is 11.3 Å². The molecule has 0 amide bonds. The summed E-state index contributed by atoms with van der Waals surface area (Å²) in [5.41, 5.74) is 1.79. The zero-order valence-electron chi connectivity index (χ0n) is 18.6. The predicted molar refractivity (Wildman–Crippen MR) is 125 cm³/mol. The summed E-state index contributed by atoms with van der Waals surface area (Å²) in [4.78, 5) is 22.0. The Hall–Kier alpha value is -3.63. The molecular formula is C24H25NO8S. The van der Waals surface area contributed by atoms with Crippen LogP contribution in [0.5, 0.6) is 11.5 Å². The molecule has 9 nitrogen and oxygen atoms in total. The average Bonchev–Trinajstić information content (AvgIpc) is 2.81. The van der Waals surface area contributed by atoms with E-state index in [0.29, 0.717) is 17.9 Å². The molecule has 0 saturated carbocycles. The van der Waals surface area contributed by atoms with Crippen molar-refractivity contribution in [3.05, 3.63) is 65.7 Å². The molecule has 0 aromatic heterocycles. The SMILES string of the molecule is COc1ccc(Cc2ccc(S(=O)(=O)N[C@@H](CCC(=O)O)C(=O)O)cc2)c2c(OC)cccc12. The van der Waals surface area contributed by atoms with Gasteiger partial charge in [-0.25, -0.2) is 8.42 Å². The van der Waals surface area contributed by atoms with Gasteiger partial charge in [0.15, 0.2) is 0 Å². The number of carboxylic acids is 2. The van der Waals surface area contributed by atoms with Gasteiger partial charge in [0.1, 0.15) is 17.5 Å². The first-order chi connectivity index (χ1) is 16.2. The maximum absolute atomic E-state index is 12.6. The Balaban J connectivity index is 1.86. The molecule has 0 aliphatic carbocycles. The second-order valence-corrected chi connectivity index (χ2v) is 9.29. The highest BCUT2D eigenvalue weighted by atomic mass is 32.2. The molecule has 0 aliphatic heterocycles. The molecule has 3 aromatic carbocycles. The lowest BCUT2D eigenvalue weighted by Gasteiger charge is -2.15. The number of methoxy groups -OCH3 is 2. The summed E-state index contributed by atoms with van der Waals surface area (Å²) in [5.74, 6) is -1.25. The van der Waals surface area contributed by atoms with E-state index in [1.807, 2.05) is 30.3 Å². The standard InChI is InChI=1S/C24H25NO8S/c1-32-20-12-8-16(23-18(20)4-3-5-21(23)33-2)14-15-6-9-17(10-7-15)34(30,31)25-19(24(28)29)11-13-22(26)27/h3-10,12,19,25H,11,13-14H2,1-2H3,(H,26,27)(H,28,29)/t19-/m0/s1. The summed E-state index contributed by atoms with van der Waals surface area (Å²) in [7, 11) is -0.973. The van der Waals surface area contributed by atoms with Gasteiger partial charge in [-0.3, -0.25) is 9.59 Å². The van der Waals surface area contributed by atoms with Gasteiger partial charge in [0, 0.05) is 17.2 Å². The molecule has 0 unspecified atom stereocenters. The Morgan fingerprint density at radius 2 is 1.62 bits per heavy atom. The van der Waals surface area contributed by atoms with Gasteiger partial charge < -0.3 is 19.7 Å². The average molecular weight is 488 g/mol. The van der Waals surface area contributed by atoms with Crippen LogP contribution in [-0.4, -0.2) is 50.8 Å². The smallest absolute Gasteiger partial charge is 0.321 e. The monoisotopic (exact) mass is 487 g/mol. The molecule has 0 fully saturated rings. The number of fused-ring (bicyclic) bond motifs is 1. The highest BCUT2D eigenvalue weighted by Crippen LogP contribution is 2.36. The van der Waals surface area contributed by atoms with Crippen molar-refractivity contribution in [2.45, 2.75) is 30.2 Å². The van der Waals surface area contributed by atoms with E-state index < -0.39 is 34.4 Å². The first kappa shape index (κ1) is 25.0. The minimum atomic E-state index is -4.16. The first-order valence-corrected chi connectivity index (χ1v) is 11.8. The van der Waals surface area contributed by atoms with Crippen LogP contribution in [0.3, 0.4) is 0 Å². The van der Waals surface area contributed by atoms with E-state index in [9.17, 15) is 23.1 Å². The maximum atomic E-state index is 12.6. The molecule has 0 bridgehead atoms. The van der Waals surface area contributed by atoms with Gasteiger partial charge in [0.25, 0.3) is 0 Å². The van der Waals surface area contributed by atoms with E-state index in [0.717, 1.165) is 21.9 Å². The van der Waals surface area contributed by atoms with Gasteiger partial charge in [-0.15, -0.1) is 0 Å². The number of rotatable bonds is 11. The van der Waals surface area contributed by atoms with Crippen molar-refractivity contribution in [3.63, 3.8) is 0 Å². The van der Waals surface area contributed by atoms with E-state index in [4.69, 9.17) is 14.6 Å². The fourth-order valence-electron chi connectivity index (χ4n) is 3.67. The molecule has 3 rings (SSSR count). The maximum Gasteiger partial charge on any atom is 0.321 e. The van der Waals surface area contributed by atoms with Crippen LogP contribution < -0.4 is 14.2 Å². The Morgan fingerprint density at radius 3 is 2.21 bits per heavy atom. The quantitative estimate of drug-likeness (QED) is 0.375. The van der Waals surface area contributed by atoms with Gasteiger partial charge in [0.2, 0.25) is 10.0 Å². The van der Waals surface area contributed by atoms with Crippen LogP contribution in [0.2, 0.25) is 0 Å². The number of aliphatic carboxylic acids is 2. The number of hydrogen-bond donors (Lipinski definition) is 3. The van der Waals surface area contributed by atoms with Crippen LogP contribution in [0.1, 0.15) is 24.0 Å². The summed E-state index contributed by atoms with van der Waals surface area (Å²) < 4.78 is 38.3. The molecule has 0 radical (unpaired) electrons. The molecule has 180 valence electrons. The zero-order valence-corrected chi connectivity index (χ0v) is 19.5. The van der Waals surface area contributed by atoms with Crippen molar-refractivity contribution >= 4 is 32.7 Å². The highest BCUT2D eigenvalue weighted by Gasteiger charge is 2.26. The Bertz CT molecular complexity index is 1300. The molecule has 0 spiro atoms. The van der Waals surface area contributed by atoms with Crippen molar-refractivity contribution in [1.82, 2.24) is 4.72 Å². The van der Waals surface area contributed by atoms with Crippen LogP contribution in [0, 0.1) is 0 Å². The summed E-state index contributed by atoms with van der Waals surface area (Å²) in [6.45, 7) is 0. The largest absolute Gasteiger partial charge is 0.496 e. The molecule has 3 N–H and O–H groups in total. The first-order valence-electron chi connectivity index (χ1n) is 10.3. The molecule has 0 heterocycles. The summed E-state index contributed by atoms with van der Waals surface area (Å²) in [6.07, 6.45) is -0.350. The minimum absolute atomic E-state index is 0.116. The molecular weight excluding hydrogens is 462 g/mol. The fraction of sp³-hybridized carbons (Fsp3) is 0.250. The Labute approximate surface area is 197 Å². The number of hydrogen-bond acceptors (Lipinski definition) is 6. The third-order valence-corrected chi connectivity index (χ3v) is 6.85. The van der Waals surface area contributed by atoms with E-state index >= 15 is 0 Å². The summed E-state index contributed by atoms with van der Waals surface area (Å²) >= 11 is 0. The number of nitrogens with one attached hydrogen (secondary N) is 1. The van der Waals surface area contributed by atoms with Crippen molar-refractivity contribution in [2.24, 2.45) is 0 Å². The molecule has 10 heteroatoms. The number of benzene rings is 3.